The minimum atomic E-state index is -1.01. The van der Waals surface area contributed by atoms with Gasteiger partial charge >= 0.3 is 0 Å². The number of halogens is 1. The van der Waals surface area contributed by atoms with Crippen molar-refractivity contribution in [2.24, 2.45) is 0 Å². The summed E-state index contributed by atoms with van der Waals surface area (Å²) in [5.41, 5.74) is 1.85. The second kappa shape index (κ2) is 5.66. The first-order valence-corrected chi connectivity index (χ1v) is 10.8. The molecule has 0 amide bonds. The molecule has 0 aliphatic carbocycles. The number of aromatic nitrogens is 3. The molecule has 0 spiro atoms. The molecule has 0 bridgehead atoms. The minimum absolute atomic E-state index is 0.536. The highest BCUT2D eigenvalue weighted by Gasteiger charge is 2.12. The number of rotatable bonds is 5. The zero-order valence-corrected chi connectivity index (χ0v) is 14.1. The monoisotopic (exact) mass is 375 g/mol. The SMILES string of the molecule is C[Si](C)(C)CCOCn1cnc2c(I)ccnc21. The molecule has 0 saturated carbocycles. The lowest BCUT2D eigenvalue weighted by Gasteiger charge is -2.15. The van der Waals surface area contributed by atoms with Crippen LogP contribution in [0.2, 0.25) is 25.7 Å². The van der Waals surface area contributed by atoms with Gasteiger partial charge in [-0.2, -0.15) is 0 Å². The maximum absolute atomic E-state index is 5.72. The van der Waals surface area contributed by atoms with Crippen LogP contribution in [0.4, 0.5) is 0 Å². The van der Waals surface area contributed by atoms with Gasteiger partial charge in [0.15, 0.2) is 5.65 Å². The van der Waals surface area contributed by atoms with E-state index >= 15 is 0 Å². The number of pyridine rings is 1. The fourth-order valence-electron chi connectivity index (χ4n) is 1.57. The summed E-state index contributed by atoms with van der Waals surface area (Å²) >= 11 is 2.28. The highest BCUT2D eigenvalue weighted by molar-refractivity contribution is 14.1. The fourth-order valence-corrected chi connectivity index (χ4v) is 2.87. The van der Waals surface area contributed by atoms with Crippen molar-refractivity contribution >= 4 is 41.8 Å². The summed E-state index contributed by atoms with van der Waals surface area (Å²) in [5, 5.41) is 0. The first kappa shape index (κ1) is 13.9. The van der Waals surface area contributed by atoms with E-state index in [1.54, 1.807) is 6.33 Å². The third kappa shape index (κ3) is 3.52. The van der Waals surface area contributed by atoms with Crippen LogP contribution in [0.1, 0.15) is 0 Å². The molecule has 98 valence electrons. The summed E-state index contributed by atoms with van der Waals surface area (Å²) in [6.07, 6.45) is 3.61. The molecule has 2 rings (SSSR count). The quantitative estimate of drug-likeness (QED) is 0.457. The van der Waals surface area contributed by atoms with Crippen molar-refractivity contribution in [3.63, 3.8) is 0 Å². The summed E-state index contributed by atoms with van der Waals surface area (Å²) in [7, 11) is -1.01. The summed E-state index contributed by atoms with van der Waals surface area (Å²) in [6, 6.07) is 3.15. The largest absolute Gasteiger partial charge is 0.361 e. The van der Waals surface area contributed by atoms with Gasteiger partial charge in [0.25, 0.3) is 0 Å². The van der Waals surface area contributed by atoms with Crippen molar-refractivity contribution < 1.29 is 4.74 Å². The number of hydrogen-bond donors (Lipinski definition) is 0. The van der Waals surface area contributed by atoms with E-state index in [0.717, 1.165) is 21.3 Å². The van der Waals surface area contributed by atoms with E-state index in [9.17, 15) is 0 Å². The molecule has 0 N–H and O–H groups in total. The summed E-state index contributed by atoms with van der Waals surface area (Å²) in [4.78, 5) is 8.72. The normalized spacial score (nSPS) is 12.2. The van der Waals surface area contributed by atoms with Crippen molar-refractivity contribution in [3.8, 4) is 0 Å². The number of hydrogen-bond acceptors (Lipinski definition) is 3. The Balaban J connectivity index is 1.98. The molecule has 2 aromatic heterocycles. The molecule has 6 heteroatoms. The highest BCUT2D eigenvalue weighted by atomic mass is 127. The third-order valence-electron chi connectivity index (χ3n) is 2.68. The van der Waals surface area contributed by atoms with Gasteiger partial charge in [-0.3, -0.25) is 4.57 Å². The van der Waals surface area contributed by atoms with Crippen LogP contribution in [0, 0.1) is 3.57 Å². The standard InChI is InChI=1S/C12H18IN3OSi/c1-18(2,3)7-6-17-9-16-8-15-11-10(13)4-5-14-12(11)16/h4-5,8H,6-7,9H2,1-3H3. The van der Waals surface area contributed by atoms with Crippen LogP contribution in [0.5, 0.6) is 0 Å². The topological polar surface area (TPSA) is 39.9 Å². The predicted octanol–water partition coefficient (Wildman–Crippen LogP) is 3.35. The van der Waals surface area contributed by atoms with Crippen molar-refractivity contribution in [2.45, 2.75) is 32.4 Å². The van der Waals surface area contributed by atoms with Crippen molar-refractivity contribution in [1.82, 2.24) is 14.5 Å². The first-order valence-electron chi connectivity index (χ1n) is 6.00. The Hall–Kier alpha value is -0.473. The Morgan fingerprint density at radius 2 is 2.11 bits per heavy atom. The van der Waals surface area contributed by atoms with Gasteiger partial charge in [-0.25, -0.2) is 9.97 Å². The van der Waals surface area contributed by atoms with E-state index in [1.165, 1.54) is 6.04 Å². The van der Waals surface area contributed by atoms with E-state index in [1.807, 2.05) is 16.8 Å². The Labute approximate surface area is 122 Å². The maximum atomic E-state index is 5.72. The van der Waals surface area contributed by atoms with Gasteiger partial charge in [0.2, 0.25) is 0 Å². The van der Waals surface area contributed by atoms with Gasteiger partial charge < -0.3 is 4.74 Å². The van der Waals surface area contributed by atoms with Gasteiger partial charge in [-0.15, -0.1) is 0 Å². The first-order chi connectivity index (χ1) is 8.47. The zero-order chi connectivity index (χ0) is 13.2. The van der Waals surface area contributed by atoms with E-state index in [2.05, 4.69) is 52.2 Å². The molecule has 0 radical (unpaired) electrons. The highest BCUT2D eigenvalue weighted by Crippen LogP contribution is 2.16. The lowest BCUT2D eigenvalue weighted by molar-refractivity contribution is 0.0895. The number of fused-ring (bicyclic) bond motifs is 1. The number of nitrogens with zero attached hydrogens (tertiary/aromatic N) is 3. The molecular formula is C12H18IN3OSi. The summed E-state index contributed by atoms with van der Waals surface area (Å²) < 4.78 is 8.80. The Morgan fingerprint density at radius 1 is 1.33 bits per heavy atom. The lowest BCUT2D eigenvalue weighted by atomic mass is 10.4. The molecule has 2 heterocycles. The minimum Gasteiger partial charge on any atom is -0.361 e. The zero-order valence-electron chi connectivity index (χ0n) is 11.0. The van der Waals surface area contributed by atoms with Crippen LogP contribution in [0.15, 0.2) is 18.6 Å². The smallest absolute Gasteiger partial charge is 0.162 e. The van der Waals surface area contributed by atoms with Gasteiger partial charge in [0.05, 0.1) is 6.33 Å². The predicted molar refractivity (Wildman–Crippen MR) is 84.4 cm³/mol. The number of ether oxygens (including phenoxy) is 1. The Bertz CT molecular complexity index is 536. The summed E-state index contributed by atoms with van der Waals surface area (Å²) in [6.45, 7) is 8.42. The van der Waals surface area contributed by atoms with Crippen LogP contribution in [0.3, 0.4) is 0 Å². The van der Waals surface area contributed by atoms with Crippen LogP contribution in [-0.4, -0.2) is 29.2 Å². The Morgan fingerprint density at radius 3 is 2.83 bits per heavy atom. The molecular weight excluding hydrogens is 357 g/mol. The molecule has 2 aromatic rings. The molecule has 0 saturated heterocycles. The van der Waals surface area contributed by atoms with Crippen molar-refractivity contribution in [3.05, 3.63) is 22.2 Å². The lowest BCUT2D eigenvalue weighted by Crippen LogP contribution is -2.22. The number of imidazole rings is 1. The van der Waals surface area contributed by atoms with Crippen LogP contribution in [-0.2, 0) is 11.5 Å². The maximum Gasteiger partial charge on any atom is 0.162 e. The fraction of sp³-hybridized carbons (Fsp3) is 0.500. The molecule has 0 atom stereocenters. The van der Waals surface area contributed by atoms with Crippen molar-refractivity contribution in [2.75, 3.05) is 6.61 Å². The van der Waals surface area contributed by atoms with Crippen LogP contribution in [0.25, 0.3) is 11.2 Å². The molecule has 0 unspecified atom stereocenters. The average Bonchev–Trinajstić information content (AvgIpc) is 2.68. The van der Waals surface area contributed by atoms with Gasteiger partial charge in [-0.05, 0) is 34.7 Å². The molecule has 18 heavy (non-hydrogen) atoms. The van der Waals surface area contributed by atoms with E-state index in [-0.39, 0.29) is 0 Å². The second-order valence-electron chi connectivity index (χ2n) is 5.53. The van der Waals surface area contributed by atoms with E-state index in [0.29, 0.717) is 6.73 Å². The molecule has 0 fully saturated rings. The van der Waals surface area contributed by atoms with Gasteiger partial charge in [0, 0.05) is 24.4 Å². The average molecular weight is 375 g/mol. The molecule has 0 aromatic carbocycles. The summed E-state index contributed by atoms with van der Waals surface area (Å²) in [5.74, 6) is 0. The van der Waals surface area contributed by atoms with E-state index < -0.39 is 8.07 Å². The Kier molecular flexibility index (Phi) is 4.39. The van der Waals surface area contributed by atoms with Crippen LogP contribution >= 0.6 is 22.6 Å². The molecule has 4 nitrogen and oxygen atoms in total. The molecule has 0 aliphatic heterocycles. The van der Waals surface area contributed by atoms with Crippen LogP contribution < -0.4 is 0 Å². The third-order valence-corrected chi connectivity index (χ3v) is 5.26. The molecule has 0 aliphatic rings. The van der Waals surface area contributed by atoms with Gasteiger partial charge in [-0.1, -0.05) is 19.6 Å². The van der Waals surface area contributed by atoms with Crippen molar-refractivity contribution in [1.29, 1.82) is 0 Å². The second-order valence-corrected chi connectivity index (χ2v) is 12.3. The van der Waals surface area contributed by atoms with Gasteiger partial charge in [0.1, 0.15) is 12.2 Å². The van der Waals surface area contributed by atoms with E-state index in [4.69, 9.17) is 4.74 Å².